The van der Waals surface area contributed by atoms with Crippen molar-refractivity contribution in [3.8, 4) is 0 Å². The van der Waals surface area contributed by atoms with Gasteiger partial charge in [0.1, 0.15) is 0 Å². The molecule has 0 atom stereocenters. The van der Waals surface area contributed by atoms with Crippen molar-refractivity contribution in [1.29, 1.82) is 0 Å². The molecular formula is C54H42N4Si2. The Kier molecular flexibility index (Phi) is 8.80. The number of para-hydroxylation sites is 4. The van der Waals surface area contributed by atoms with Gasteiger partial charge in [0.25, 0.3) is 0 Å². The van der Waals surface area contributed by atoms with Crippen molar-refractivity contribution < 1.29 is 0 Å². The SMILES string of the molecule is c1ccc(N2c3cc4c(cc3N(c3ccccc3)[Si]2(c2ccccc2)c2ccccc2)N(c2ccccc2)[Si](c2ccccc2)(c2ccccc2)N4c2ccccc2)cc1. The fourth-order valence-electron chi connectivity index (χ4n) is 9.83. The molecule has 0 fully saturated rings. The molecule has 9 aromatic carbocycles. The zero-order valence-corrected chi connectivity index (χ0v) is 35.0. The zero-order valence-electron chi connectivity index (χ0n) is 33.0. The number of hydrogen-bond acceptors (Lipinski definition) is 4. The average molecular weight is 803 g/mol. The average Bonchev–Trinajstić information content (AvgIpc) is 3.81. The van der Waals surface area contributed by atoms with Gasteiger partial charge in [-0.1, -0.05) is 194 Å². The molecule has 0 amide bonds. The Bertz CT molecular complexity index is 2470. The first-order valence-electron chi connectivity index (χ1n) is 20.6. The minimum atomic E-state index is -3.19. The second-order valence-electron chi connectivity index (χ2n) is 15.3. The summed E-state index contributed by atoms with van der Waals surface area (Å²) in [6, 6.07) is 94.3. The second-order valence-corrected chi connectivity index (χ2v) is 22.1. The van der Waals surface area contributed by atoms with Crippen molar-refractivity contribution in [2.75, 3.05) is 18.3 Å². The predicted octanol–water partition coefficient (Wildman–Crippen LogP) is 10.8. The van der Waals surface area contributed by atoms with Gasteiger partial charge in [0.15, 0.2) is 0 Å². The number of nitrogens with zero attached hydrogens (tertiary/aromatic N) is 4. The van der Waals surface area contributed by atoms with E-state index in [0.717, 1.165) is 22.7 Å². The van der Waals surface area contributed by atoms with Crippen LogP contribution in [0.15, 0.2) is 255 Å². The second kappa shape index (κ2) is 14.8. The molecule has 286 valence electrons. The molecule has 0 saturated carbocycles. The Morgan fingerprint density at radius 1 is 0.200 bits per heavy atom. The molecule has 2 heterocycles. The highest BCUT2D eigenvalue weighted by molar-refractivity contribution is 7.11. The van der Waals surface area contributed by atoms with E-state index >= 15 is 0 Å². The number of fused-ring (bicyclic) bond motifs is 2. The maximum atomic E-state index is 2.73. The Morgan fingerprint density at radius 2 is 0.367 bits per heavy atom. The van der Waals surface area contributed by atoms with Crippen molar-refractivity contribution >= 4 is 83.0 Å². The number of hydrogen-bond donors (Lipinski definition) is 0. The summed E-state index contributed by atoms with van der Waals surface area (Å²) >= 11 is 0. The largest absolute Gasteiger partial charge is 0.341 e. The lowest BCUT2D eigenvalue weighted by atomic mass is 10.1. The van der Waals surface area contributed by atoms with Gasteiger partial charge in [0, 0.05) is 22.7 Å². The highest BCUT2D eigenvalue weighted by Crippen LogP contribution is 2.59. The Labute approximate surface area is 354 Å². The molecule has 0 N–H and O–H groups in total. The third kappa shape index (κ3) is 5.35. The van der Waals surface area contributed by atoms with Crippen LogP contribution in [0.2, 0.25) is 0 Å². The van der Waals surface area contributed by atoms with E-state index in [9.17, 15) is 0 Å². The lowest BCUT2D eigenvalue weighted by Gasteiger charge is -2.45. The van der Waals surface area contributed by atoms with E-state index in [1.807, 2.05) is 0 Å². The Balaban J connectivity index is 1.32. The molecule has 0 spiro atoms. The third-order valence-electron chi connectivity index (χ3n) is 12.1. The number of anilines is 8. The molecule has 0 saturated heterocycles. The normalized spacial score (nSPS) is 14.8. The summed E-state index contributed by atoms with van der Waals surface area (Å²) in [5, 5.41) is 5.21. The molecule has 0 aromatic heterocycles. The molecule has 60 heavy (non-hydrogen) atoms. The van der Waals surface area contributed by atoms with Crippen LogP contribution in [0.4, 0.5) is 45.5 Å². The van der Waals surface area contributed by atoms with Gasteiger partial charge in [-0.2, -0.15) is 0 Å². The monoisotopic (exact) mass is 802 g/mol. The lowest BCUT2D eigenvalue weighted by Crippen LogP contribution is -2.75. The van der Waals surface area contributed by atoms with Crippen LogP contribution in [-0.2, 0) is 0 Å². The molecule has 9 aromatic rings. The molecule has 2 aliphatic heterocycles. The van der Waals surface area contributed by atoms with Crippen LogP contribution >= 0.6 is 0 Å². The van der Waals surface area contributed by atoms with Gasteiger partial charge in [0.05, 0.1) is 22.7 Å². The minimum absolute atomic E-state index is 1.16. The van der Waals surface area contributed by atoms with E-state index in [1.54, 1.807) is 0 Å². The summed E-state index contributed by atoms with van der Waals surface area (Å²) in [7, 11) is -6.38. The molecule has 0 bridgehead atoms. The van der Waals surface area contributed by atoms with E-state index in [2.05, 4.69) is 273 Å². The number of rotatable bonds is 8. The van der Waals surface area contributed by atoms with Crippen molar-refractivity contribution in [2.45, 2.75) is 0 Å². The van der Waals surface area contributed by atoms with E-state index in [1.165, 1.54) is 43.5 Å². The minimum Gasteiger partial charge on any atom is -0.341 e. The molecule has 6 heteroatoms. The van der Waals surface area contributed by atoms with Crippen LogP contribution < -0.4 is 39.0 Å². The van der Waals surface area contributed by atoms with Crippen LogP contribution in [0.25, 0.3) is 0 Å². The van der Waals surface area contributed by atoms with Crippen LogP contribution in [-0.4, -0.2) is 16.8 Å². The molecule has 2 aliphatic rings. The lowest BCUT2D eigenvalue weighted by molar-refractivity contribution is 1.34. The maximum absolute atomic E-state index is 3.19. The summed E-state index contributed by atoms with van der Waals surface area (Å²) in [5.41, 5.74) is 9.38. The first-order chi connectivity index (χ1) is 29.8. The van der Waals surface area contributed by atoms with Gasteiger partial charge in [-0.25, -0.2) is 0 Å². The topological polar surface area (TPSA) is 13.0 Å². The van der Waals surface area contributed by atoms with E-state index in [0.29, 0.717) is 0 Å². The number of benzene rings is 9. The van der Waals surface area contributed by atoms with Gasteiger partial charge in [0.2, 0.25) is 0 Å². The highest BCUT2D eigenvalue weighted by atomic mass is 28.4. The molecule has 4 nitrogen and oxygen atoms in total. The highest BCUT2D eigenvalue weighted by Gasteiger charge is 2.61. The predicted molar refractivity (Wildman–Crippen MR) is 257 cm³/mol. The van der Waals surface area contributed by atoms with Crippen LogP contribution in [0.5, 0.6) is 0 Å². The van der Waals surface area contributed by atoms with Gasteiger partial charge < -0.3 is 18.3 Å². The van der Waals surface area contributed by atoms with Gasteiger partial charge in [-0.15, -0.1) is 0 Å². The standard InChI is InChI=1S/C54H42N4Si2/c1-9-25-43(26-10-1)55-51-41-53-54(42-52(51)56(44-27-11-2-12-28-44)59(55,47-33-17-5-18-34-47)48-35-19-6-20-36-48)58(46-31-15-4-16-32-46)60(49-37-21-7-22-38-49,50-39-23-8-24-40-50)57(53)45-29-13-3-14-30-45/h1-42H. The van der Waals surface area contributed by atoms with E-state index in [4.69, 9.17) is 0 Å². The summed E-state index contributed by atoms with van der Waals surface area (Å²) in [6.07, 6.45) is 0. The fourth-order valence-corrected chi connectivity index (χ4v) is 19.8. The fraction of sp³-hybridized carbons (Fsp3) is 0. The van der Waals surface area contributed by atoms with E-state index < -0.39 is 16.8 Å². The molecule has 0 aliphatic carbocycles. The Hall–Kier alpha value is -7.39. The Morgan fingerprint density at radius 3 is 0.550 bits per heavy atom. The first-order valence-corrected chi connectivity index (χ1v) is 24.4. The molecule has 0 radical (unpaired) electrons. The van der Waals surface area contributed by atoms with Crippen molar-refractivity contribution in [2.24, 2.45) is 0 Å². The van der Waals surface area contributed by atoms with Gasteiger partial charge in [-0.3, -0.25) is 0 Å². The molecular weight excluding hydrogens is 761 g/mol. The van der Waals surface area contributed by atoms with Crippen LogP contribution in [0.3, 0.4) is 0 Å². The van der Waals surface area contributed by atoms with Crippen LogP contribution in [0, 0.1) is 0 Å². The van der Waals surface area contributed by atoms with Crippen molar-refractivity contribution in [3.63, 3.8) is 0 Å². The maximum Gasteiger partial charge on any atom is 0.340 e. The van der Waals surface area contributed by atoms with Gasteiger partial charge in [-0.05, 0) is 81.4 Å². The van der Waals surface area contributed by atoms with Crippen LogP contribution in [0.1, 0.15) is 0 Å². The summed E-state index contributed by atoms with van der Waals surface area (Å²) < 4.78 is 10.9. The third-order valence-corrected chi connectivity index (χ3v) is 21.2. The molecule has 0 unspecified atom stereocenters. The summed E-state index contributed by atoms with van der Waals surface area (Å²) in [5.74, 6) is 0. The summed E-state index contributed by atoms with van der Waals surface area (Å²) in [4.78, 5) is 0. The summed E-state index contributed by atoms with van der Waals surface area (Å²) in [6.45, 7) is 0. The smallest absolute Gasteiger partial charge is 0.340 e. The molecule has 11 rings (SSSR count). The zero-order chi connectivity index (χ0) is 39.9. The first kappa shape index (κ1) is 35.8. The van der Waals surface area contributed by atoms with Crippen molar-refractivity contribution in [3.05, 3.63) is 255 Å². The quantitative estimate of drug-likeness (QED) is 0.142. The van der Waals surface area contributed by atoms with Crippen molar-refractivity contribution in [1.82, 2.24) is 0 Å². The van der Waals surface area contributed by atoms with Gasteiger partial charge >= 0.3 is 16.8 Å². The van der Waals surface area contributed by atoms with E-state index in [-0.39, 0.29) is 0 Å².